The van der Waals surface area contributed by atoms with Gasteiger partial charge in [-0.25, -0.2) is 4.68 Å². The summed E-state index contributed by atoms with van der Waals surface area (Å²) in [6.45, 7) is 6.71. The van der Waals surface area contributed by atoms with Crippen LogP contribution in [0.15, 0.2) is 59.2 Å². The van der Waals surface area contributed by atoms with E-state index in [2.05, 4.69) is 43.4 Å². The number of halogens is 1. The van der Waals surface area contributed by atoms with Crippen LogP contribution in [0.25, 0.3) is 5.69 Å². The fraction of sp³-hybridized carbons (Fsp3) is 0.304. The molecule has 6 nitrogen and oxygen atoms in total. The van der Waals surface area contributed by atoms with Gasteiger partial charge >= 0.3 is 0 Å². The van der Waals surface area contributed by atoms with E-state index in [-0.39, 0.29) is 5.91 Å². The highest BCUT2D eigenvalue weighted by Crippen LogP contribution is 2.18. The highest BCUT2D eigenvalue weighted by atomic mass is 79.9. The molecule has 3 aromatic rings. The minimum Gasteiger partial charge on any atom is -0.379 e. The van der Waals surface area contributed by atoms with Gasteiger partial charge in [0.1, 0.15) is 0 Å². The van der Waals surface area contributed by atoms with Gasteiger partial charge in [0.25, 0.3) is 5.91 Å². The monoisotopic (exact) mass is 468 g/mol. The lowest BCUT2D eigenvalue weighted by atomic mass is 10.1. The molecule has 156 valence electrons. The first-order chi connectivity index (χ1) is 14.6. The maximum absolute atomic E-state index is 12.8. The molecule has 1 aliphatic heterocycles. The molecule has 0 atom stereocenters. The van der Waals surface area contributed by atoms with Crippen molar-refractivity contribution in [1.82, 2.24) is 20.0 Å². The van der Waals surface area contributed by atoms with Crippen molar-refractivity contribution in [3.63, 3.8) is 0 Å². The molecule has 30 heavy (non-hydrogen) atoms. The Kier molecular flexibility index (Phi) is 6.62. The van der Waals surface area contributed by atoms with Crippen molar-refractivity contribution in [3.8, 4) is 5.69 Å². The number of amides is 1. The predicted octanol–water partition coefficient (Wildman–Crippen LogP) is 3.71. The molecular weight excluding hydrogens is 444 g/mol. The zero-order chi connectivity index (χ0) is 20.9. The number of aromatic nitrogens is 2. The summed E-state index contributed by atoms with van der Waals surface area (Å²) < 4.78 is 8.23. The first kappa shape index (κ1) is 20.8. The summed E-state index contributed by atoms with van der Waals surface area (Å²) in [5, 5.41) is 7.47. The van der Waals surface area contributed by atoms with E-state index < -0.39 is 0 Å². The topological polar surface area (TPSA) is 59.4 Å². The number of hydrogen-bond donors (Lipinski definition) is 1. The zero-order valence-corrected chi connectivity index (χ0v) is 18.6. The second-order valence-electron chi connectivity index (χ2n) is 7.37. The minimum absolute atomic E-state index is 0.114. The van der Waals surface area contributed by atoms with Crippen molar-refractivity contribution in [2.45, 2.75) is 20.0 Å². The fourth-order valence-electron chi connectivity index (χ4n) is 3.63. The first-order valence-electron chi connectivity index (χ1n) is 10.1. The molecule has 0 radical (unpaired) electrons. The van der Waals surface area contributed by atoms with Gasteiger partial charge in [0.2, 0.25) is 0 Å². The molecule has 0 spiro atoms. The van der Waals surface area contributed by atoms with E-state index >= 15 is 0 Å². The molecule has 1 amide bonds. The lowest BCUT2D eigenvalue weighted by Crippen LogP contribution is -2.36. The van der Waals surface area contributed by atoms with Gasteiger partial charge in [0.05, 0.1) is 36.4 Å². The molecule has 7 heteroatoms. The number of ether oxygens (including phenoxy) is 1. The van der Waals surface area contributed by atoms with Gasteiger partial charge in [0.15, 0.2) is 0 Å². The summed E-state index contributed by atoms with van der Waals surface area (Å²) in [6.07, 6.45) is 1.63. The Morgan fingerprint density at radius 3 is 2.53 bits per heavy atom. The summed E-state index contributed by atoms with van der Waals surface area (Å²) in [7, 11) is 0. The van der Waals surface area contributed by atoms with Gasteiger partial charge < -0.3 is 10.1 Å². The van der Waals surface area contributed by atoms with Gasteiger partial charge in [0, 0.05) is 30.7 Å². The van der Waals surface area contributed by atoms with Gasteiger partial charge in [-0.15, -0.1) is 0 Å². The second-order valence-corrected chi connectivity index (χ2v) is 8.29. The third kappa shape index (κ3) is 4.80. The summed E-state index contributed by atoms with van der Waals surface area (Å²) in [6, 6.07) is 16.1. The molecule has 0 saturated carbocycles. The molecule has 0 aliphatic carbocycles. The number of benzene rings is 2. The van der Waals surface area contributed by atoms with Crippen LogP contribution in [0.5, 0.6) is 0 Å². The Bertz CT molecular complexity index is 1010. The molecule has 1 N–H and O–H groups in total. The molecular formula is C23H25BrN4O2. The van der Waals surface area contributed by atoms with Crippen LogP contribution in [0.3, 0.4) is 0 Å². The maximum Gasteiger partial charge on any atom is 0.255 e. The van der Waals surface area contributed by atoms with E-state index in [9.17, 15) is 4.79 Å². The molecule has 1 fully saturated rings. The Morgan fingerprint density at radius 1 is 1.10 bits per heavy atom. The quantitative estimate of drug-likeness (QED) is 0.598. The fourth-order valence-corrected chi connectivity index (χ4v) is 3.89. The summed E-state index contributed by atoms with van der Waals surface area (Å²) in [5.41, 5.74) is 4.70. The smallest absolute Gasteiger partial charge is 0.255 e. The Hall–Kier alpha value is -2.48. The lowest BCUT2D eigenvalue weighted by Gasteiger charge is -2.27. The van der Waals surface area contributed by atoms with Crippen molar-refractivity contribution in [1.29, 1.82) is 0 Å². The van der Waals surface area contributed by atoms with E-state index in [0.717, 1.165) is 54.3 Å². The van der Waals surface area contributed by atoms with Crippen molar-refractivity contribution >= 4 is 21.8 Å². The average Bonchev–Trinajstić information content (AvgIpc) is 3.15. The van der Waals surface area contributed by atoms with Crippen LogP contribution in [0.1, 0.15) is 27.2 Å². The van der Waals surface area contributed by atoms with Crippen LogP contribution >= 0.6 is 15.9 Å². The molecule has 4 rings (SSSR count). The average molecular weight is 469 g/mol. The second kappa shape index (κ2) is 9.55. The largest absolute Gasteiger partial charge is 0.379 e. The SMILES string of the molecule is Cc1c(C(=O)NCc2ccccc2CN2CCOCC2)cnn1-c1ccc(Br)cc1. The molecule has 2 heterocycles. The van der Waals surface area contributed by atoms with E-state index in [4.69, 9.17) is 4.74 Å². The lowest BCUT2D eigenvalue weighted by molar-refractivity contribution is 0.0340. The van der Waals surface area contributed by atoms with Crippen LogP contribution in [0.4, 0.5) is 0 Å². The highest BCUT2D eigenvalue weighted by Gasteiger charge is 2.16. The molecule has 1 aliphatic rings. The van der Waals surface area contributed by atoms with E-state index in [1.165, 1.54) is 5.56 Å². The highest BCUT2D eigenvalue weighted by molar-refractivity contribution is 9.10. The van der Waals surface area contributed by atoms with Crippen molar-refractivity contribution in [3.05, 3.63) is 81.6 Å². The Labute approximate surface area is 185 Å². The number of carbonyl (C=O) groups is 1. The van der Waals surface area contributed by atoms with Crippen LogP contribution in [-0.4, -0.2) is 46.9 Å². The Morgan fingerprint density at radius 2 is 1.80 bits per heavy atom. The third-order valence-corrected chi connectivity index (χ3v) is 5.91. The molecule has 1 aromatic heterocycles. The number of nitrogens with one attached hydrogen (secondary N) is 1. The number of nitrogens with zero attached hydrogens (tertiary/aromatic N) is 3. The van der Waals surface area contributed by atoms with Gasteiger partial charge in [-0.2, -0.15) is 5.10 Å². The summed E-state index contributed by atoms with van der Waals surface area (Å²) in [5.74, 6) is -0.114. The number of rotatable bonds is 6. The van der Waals surface area contributed by atoms with Crippen LogP contribution < -0.4 is 5.32 Å². The molecule has 1 saturated heterocycles. The van der Waals surface area contributed by atoms with Gasteiger partial charge in [-0.3, -0.25) is 9.69 Å². The number of carbonyl (C=O) groups excluding carboxylic acids is 1. The standard InChI is InChI=1S/C23H25BrN4O2/c1-17-22(15-26-28(17)21-8-6-20(24)7-9-21)23(29)25-14-18-4-2-3-5-19(18)16-27-10-12-30-13-11-27/h2-9,15H,10-14,16H2,1H3,(H,25,29). The van der Waals surface area contributed by atoms with Gasteiger partial charge in [-0.1, -0.05) is 40.2 Å². The van der Waals surface area contributed by atoms with Crippen molar-refractivity contribution < 1.29 is 9.53 Å². The number of hydrogen-bond acceptors (Lipinski definition) is 4. The van der Waals surface area contributed by atoms with Crippen molar-refractivity contribution in [2.75, 3.05) is 26.3 Å². The van der Waals surface area contributed by atoms with Crippen molar-refractivity contribution in [2.24, 2.45) is 0 Å². The Balaban J connectivity index is 1.43. The van der Waals surface area contributed by atoms with E-state index in [1.807, 2.05) is 43.3 Å². The summed E-state index contributed by atoms with van der Waals surface area (Å²) >= 11 is 3.44. The van der Waals surface area contributed by atoms with Crippen LogP contribution in [0.2, 0.25) is 0 Å². The maximum atomic E-state index is 12.8. The molecule has 0 unspecified atom stereocenters. The third-order valence-electron chi connectivity index (χ3n) is 5.38. The molecule has 2 aromatic carbocycles. The normalized spacial score (nSPS) is 14.6. The van der Waals surface area contributed by atoms with E-state index in [1.54, 1.807) is 10.9 Å². The van der Waals surface area contributed by atoms with Crippen LogP contribution in [0, 0.1) is 6.92 Å². The van der Waals surface area contributed by atoms with E-state index in [0.29, 0.717) is 12.1 Å². The minimum atomic E-state index is -0.114. The zero-order valence-electron chi connectivity index (χ0n) is 17.0. The summed E-state index contributed by atoms with van der Waals surface area (Å²) in [4.78, 5) is 15.2. The van der Waals surface area contributed by atoms with Crippen LogP contribution in [-0.2, 0) is 17.8 Å². The predicted molar refractivity (Wildman–Crippen MR) is 120 cm³/mol. The van der Waals surface area contributed by atoms with Gasteiger partial charge in [-0.05, 0) is 42.3 Å². The first-order valence-corrected chi connectivity index (χ1v) is 10.9. The number of morpholine rings is 1. The molecule has 0 bridgehead atoms.